The summed E-state index contributed by atoms with van der Waals surface area (Å²) in [6.45, 7) is 0. The molecular formula is H3KNiO3. The van der Waals surface area contributed by atoms with Crippen molar-refractivity contribution in [2.24, 2.45) is 0 Å². The summed E-state index contributed by atoms with van der Waals surface area (Å²) in [5.41, 5.74) is 0. The monoisotopic (exact) mass is 148 g/mol. The molecule has 0 bridgehead atoms. The maximum absolute atomic E-state index is 7.88. The summed E-state index contributed by atoms with van der Waals surface area (Å²) in [5.74, 6) is 0. The van der Waals surface area contributed by atoms with Gasteiger partial charge in [0.25, 0.3) is 0 Å². The van der Waals surface area contributed by atoms with Crippen molar-refractivity contribution in [1.82, 2.24) is 0 Å². The first-order valence-electron chi connectivity index (χ1n) is 0.129. The number of hydrogen-bond acceptors (Lipinski definition) is 2. The van der Waals surface area contributed by atoms with Gasteiger partial charge >= 0.3 is 70.7 Å². The topological polar surface area (TPSA) is 78.6 Å². The average molecular weight is 149 g/mol. The van der Waals surface area contributed by atoms with Crippen LogP contribution < -0.4 is 51.4 Å². The molecule has 0 aromatic carbocycles. The molecule has 0 aliphatic carbocycles. The van der Waals surface area contributed by atoms with Crippen LogP contribution >= 0.6 is 0 Å². The summed E-state index contributed by atoms with van der Waals surface area (Å²) in [4.78, 5) is 0. The van der Waals surface area contributed by atoms with Gasteiger partial charge < -0.3 is 11.0 Å². The van der Waals surface area contributed by atoms with E-state index in [9.17, 15) is 0 Å². The first-order chi connectivity index (χ1) is 1.00. The molecule has 0 aromatic heterocycles. The van der Waals surface area contributed by atoms with E-state index in [2.05, 4.69) is 15.4 Å². The molecule has 5 heavy (non-hydrogen) atoms. The molecule has 0 heterocycles. The molecule has 0 fully saturated rings. The second-order valence-electron chi connectivity index (χ2n) is 0. The Labute approximate surface area is 80.1 Å². The molecule has 0 saturated heterocycles. The van der Waals surface area contributed by atoms with Crippen LogP contribution in [-0.4, -0.2) is 11.0 Å². The first kappa shape index (κ1) is 28.9. The van der Waals surface area contributed by atoms with E-state index in [1.54, 1.807) is 0 Å². The van der Waals surface area contributed by atoms with Gasteiger partial charge in [0, 0.05) is 0 Å². The maximum atomic E-state index is 7.88. The van der Waals surface area contributed by atoms with Crippen LogP contribution in [0.4, 0.5) is 0 Å². The van der Waals surface area contributed by atoms with E-state index in [0.29, 0.717) is 0 Å². The van der Waals surface area contributed by atoms with Gasteiger partial charge in [-0.2, -0.15) is 0 Å². The third-order valence-corrected chi connectivity index (χ3v) is 0. The van der Waals surface area contributed by atoms with E-state index in [4.69, 9.17) is 3.90 Å². The minimum absolute atomic E-state index is 0. The van der Waals surface area contributed by atoms with Gasteiger partial charge in [-0.1, -0.05) is 0 Å². The predicted molar refractivity (Wildman–Crippen MR) is 6.24 cm³/mol. The standard InChI is InChI=1S/K.Ni.2H2O.O/h;;2*1H2;/q+1;;;;/p-1. The molecule has 0 aromatic rings. The Hall–Kier alpha value is 1.85. The average Bonchev–Trinajstić information content (AvgIpc) is 1.00. The van der Waals surface area contributed by atoms with Crippen LogP contribution in [0.5, 0.6) is 0 Å². The molecule has 0 radical (unpaired) electrons. The number of hydrogen-bond donors (Lipinski definition) is 0. The molecule has 32 valence electrons. The Balaban J connectivity index is -0.00000000167. The molecule has 0 amide bonds. The minimum atomic E-state index is 0. The van der Waals surface area contributed by atoms with Crippen molar-refractivity contribution in [1.29, 1.82) is 0 Å². The zero-order chi connectivity index (χ0) is 2.00. The van der Waals surface area contributed by atoms with Crippen LogP contribution in [0.2, 0.25) is 0 Å². The Bertz CT molecular complexity index is 6.85. The van der Waals surface area contributed by atoms with Crippen LogP contribution in [0.25, 0.3) is 0 Å². The molecule has 3 N–H and O–H groups in total. The van der Waals surface area contributed by atoms with E-state index in [1.165, 1.54) is 0 Å². The summed E-state index contributed by atoms with van der Waals surface area (Å²) in [6.07, 6.45) is 0. The SMILES string of the molecule is O.[K+].[OH-].[O]=[Ni]. The van der Waals surface area contributed by atoms with Crippen molar-refractivity contribution in [2.75, 3.05) is 0 Å². The fourth-order valence-electron chi connectivity index (χ4n) is 0. The van der Waals surface area contributed by atoms with Crippen molar-refractivity contribution < 1.29 is 81.6 Å². The van der Waals surface area contributed by atoms with E-state index < -0.39 is 0 Å². The first-order valence-corrected chi connectivity index (χ1v) is 0.532. The second kappa shape index (κ2) is 40.2. The van der Waals surface area contributed by atoms with Gasteiger partial charge in [-0.05, 0) is 0 Å². The van der Waals surface area contributed by atoms with Crippen LogP contribution in [0.3, 0.4) is 0 Å². The van der Waals surface area contributed by atoms with Gasteiger partial charge in [-0.25, -0.2) is 0 Å². The molecule has 0 atom stereocenters. The van der Waals surface area contributed by atoms with Crippen LogP contribution in [0.15, 0.2) is 0 Å². The van der Waals surface area contributed by atoms with E-state index in [-0.39, 0.29) is 62.3 Å². The fourth-order valence-corrected chi connectivity index (χ4v) is 0. The molecule has 0 saturated carbocycles. The molecule has 0 aliphatic rings. The Morgan fingerprint density at radius 2 is 1.20 bits per heavy atom. The molecule has 0 spiro atoms. The molecule has 5 heteroatoms. The predicted octanol–water partition coefficient (Wildman–Crippen LogP) is -4.12. The summed E-state index contributed by atoms with van der Waals surface area (Å²) in [5, 5.41) is 0. The van der Waals surface area contributed by atoms with Crippen LogP contribution in [0, 0.1) is 0 Å². The molecule has 0 aliphatic heterocycles. The third-order valence-electron chi connectivity index (χ3n) is 0. The van der Waals surface area contributed by atoms with Gasteiger partial charge in [-0.15, -0.1) is 0 Å². The van der Waals surface area contributed by atoms with Crippen molar-refractivity contribution in [2.45, 2.75) is 0 Å². The molecular weight excluding hydrogens is 146 g/mol. The van der Waals surface area contributed by atoms with Crippen molar-refractivity contribution in [3.05, 3.63) is 0 Å². The van der Waals surface area contributed by atoms with E-state index in [0.717, 1.165) is 0 Å². The Morgan fingerprint density at radius 3 is 1.20 bits per heavy atom. The van der Waals surface area contributed by atoms with E-state index in [1.807, 2.05) is 0 Å². The van der Waals surface area contributed by atoms with Crippen molar-refractivity contribution in [3.8, 4) is 0 Å². The molecule has 3 nitrogen and oxygen atoms in total. The summed E-state index contributed by atoms with van der Waals surface area (Å²) in [7, 11) is 0. The van der Waals surface area contributed by atoms with E-state index >= 15 is 0 Å². The summed E-state index contributed by atoms with van der Waals surface area (Å²) < 4.78 is 7.88. The Kier molecular flexibility index (Phi) is 232. The Morgan fingerprint density at radius 1 is 1.20 bits per heavy atom. The number of rotatable bonds is 0. The van der Waals surface area contributed by atoms with Gasteiger partial charge in [0.05, 0.1) is 0 Å². The van der Waals surface area contributed by atoms with Crippen molar-refractivity contribution in [3.63, 3.8) is 0 Å². The van der Waals surface area contributed by atoms with Gasteiger partial charge in [-0.3, -0.25) is 0 Å². The normalized spacial score (nSPS) is 1.20. The quantitative estimate of drug-likeness (QED) is 0.328. The second-order valence-corrected chi connectivity index (χ2v) is 0. The molecule has 0 unspecified atom stereocenters. The van der Waals surface area contributed by atoms with Gasteiger partial charge in [0.2, 0.25) is 0 Å². The van der Waals surface area contributed by atoms with Crippen molar-refractivity contribution >= 4 is 0 Å². The van der Waals surface area contributed by atoms with Gasteiger partial charge in [0.1, 0.15) is 0 Å². The zero-order valence-electron chi connectivity index (χ0n) is 2.67. The summed E-state index contributed by atoms with van der Waals surface area (Å²) in [6, 6.07) is 0. The fraction of sp³-hybridized carbons (Fsp3) is 0. The zero-order valence-corrected chi connectivity index (χ0v) is 6.78. The van der Waals surface area contributed by atoms with Crippen LogP contribution in [-0.2, 0) is 19.3 Å². The molecule has 0 rings (SSSR count). The summed E-state index contributed by atoms with van der Waals surface area (Å²) >= 11 is 2.62. The van der Waals surface area contributed by atoms with Crippen LogP contribution in [0.1, 0.15) is 0 Å². The third kappa shape index (κ3) is 25.3. The van der Waals surface area contributed by atoms with Gasteiger partial charge in [0.15, 0.2) is 0 Å².